The van der Waals surface area contributed by atoms with Crippen molar-refractivity contribution in [2.24, 2.45) is 0 Å². The molecule has 0 saturated carbocycles. The Balaban J connectivity index is 2.39. The van der Waals surface area contributed by atoms with E-state index in [0.717, 1.165) is 22.5 Å². The Morgan fingerprint density at radius 2 is 1.73 bits per heavy atom. The van der Waals surface area contributed by atoms with E-state index in [2.05, 4.69) is 5.32 Å². The molecule has 0 fully saturated rings. The lowest BCUT2D eigenvalue weighted by Gasteiger charge is -2.32. The number of rotatable bonds is 10. The number of nitrogens with one attached hydrogen (secondary N) is 1. The molecule has 0 saturated heterocycles. The molecule has 2 rings (SSSR count). The van der Waals surface area contributed by atoms with Crippen molar-refractivity contribution in [1.29, 1.82) is 0 Å². The van der Waals surface area contributed by atoms with Crippen LogP contribution in [0.2, 0.25) is 0 Å². The van der Waals surface area contributed by atoms with Gasteiger partial charge < -0.3 is 10.2 Å². The van der Waals surface area contributed by atoms with E-state index in [1.807, 2.05) is 19.9 Å². The molecule has 0 aromatic heterocycles. The van der Waals surface area contributed by atoms with Gasteiger partial charge in [0.05, 0.1) is 11.9 Å². The van der Waals surface area contributed by atoms with Gasteiger partial charge >= 0.3 is 0 Å². The minimum atomic E-state index is -3.78. The summed E-state index contributed by atoms with van der Waals surface area (Å²) in [5, 5.41) is 2.77. The Labute approximate surface area is 195 Å². The molecule has 0 aliphatic heterocycles. The number of anilines is 1. The lowest BCUT2D eigenvalue weighted by atomic mass is 10.1. The molecule has 2 aromatic rings. The van der Waals surface area contributed by atoms with Gasteiger partial charge in [0.1, 0.15) is 18.4 Å². The Hall–Kier alpha value is -2.94. The molecule has 7 nitrogen and oxygen atoms in total. The highest BCUT2D eigenvalue weighted by Crippen LogP contribution is 2.24. The lowest BCUT2D eigenvalue weighted by Crippen LogP contribution is -2.51. The molecule has 0 radical (unpaired) electrons. The number of hydrogen-bond donors (Lipinski definition) is 1. The summed E-state index contributed by atoms with van der Waals surface area (Å²) in [6.07, 6.45) is 1.78. The highest BCUT2D eigenvalue weighted by Gasteiger charge is 2.30. The van der Waals surface area contributed by atoms with E-state index in [9.17, 15) is 22.4 Å². The van der Waals surface area contributed by atoms with Crippen molar-refractivity contribution < 1.29 is 22.4 Å². The predicted molar refractivity (Wildman–Crippen MR) is 128 cm³/mol. The molecule has 180 valence electrons. The first-order chi connectivity index (χ1) is 15.4. The summed E-state index contributed by atoms with van der Waals surface area (Å²) in [5.74, 6) is -1.29. The van der Waals surface area contributed by atoms with Crippen molar-refractivity contribution in [1.82, 2.24) is 10.2 Å². The molecule has 2 amide bonds. The molecular formula is C24H32FN3O4S. The van der Waals surface area contributed by atoms with Crippen LogP contribution < -0.4 is 9.62 Å². The molecule has 1 N–H and O–H groups in total. The monoisotopic (exact) mass is 477 g/mol. The summed E-state index contributed by atoms with van der Waals surface area (Å²) in [5.41, 5.74) is 2.71. The van der Waals surface area contributed by atoms with Crippen LogP contribution in [0.1, 0.15) is 37.0 Å². The van der Waals surface area contributed by atoms with Crippen LogP contribution >= 0.6 is 0 Å². The maximum absolute atomic E-state index is 13.4. The third-order valence-corrected chi connectivity index (χ3v) is 6.41. The summed E-state index contributed by atoms with van der Waals surface area (Å²) in [6.45, 7) is 7.21. The number of hydrogen-bond acceptors (Lipinski definition) is 4. The molecule has 2 aromatic carbocycles. The Morgan fingerprint density at radius 1 is 1.09 bits per heavy atom. The van der Waals surface area contributed by atoms with E-state index in [4.69, 9.17) is 0 Å². The average Bonchev–Trinajstić information content (AvgIpc) is 2.74. The largest absolute Gasteiger partial charge is 0.354 e. The Morgan fingerprint density at radius 3 is 2.27 bits per heavy atom. The van der Waals surface area contributed by atoms with Gasteiger partial charge in [-0.1, -0.05) is 36.8 Å². The van der Waals surface area contributed by atoms with E-state index < -0.39 is 34.3 Å². The first-order valence-corrected chi connectivity index (χ1v) is 12.7. The zero-order valence-electron chi connectivity index (χ0n) is 19.8. The normalized spacial score (nSPS) is 12.2. The van der Waals surface area contributed by atoms with E-state index in [1.165, 1.54) is 29.2 Å². The van der Waals surface area contributed by atoms with Crippen LogP contribution in [0.5, 0.6) is 0 Å². The van der Waals surface area contributed by atoms with E-state index >= 15 is 0 Å². The maximum Gasteiger partial charge on any atom is 0.244 e. The van der Waals surface area contributed by atoms with Gasteiger partial charge in [0.15, 0.2) is 0 Å². The van der Waals surface area contributed by atoms with Crippen molar-refractivity contribution in [3.8, 4) is 0 Å². The number of halogens is 1. The zero-order chi connectivity index (χ0) is 24.8. The van der Waals surface area contributed by atoms with E-state index in [1.54, 1.807) is 26.0 Å². The van der Waals surface area contributed by atoms with Crippen molar-refractivity contribution >= 4 is 27.5 Å². The van der Waals surface area contributed by atoms with Gasteiger partial charge in [0.2, 0.25) is 21.8 Å². The number of amides is 2. The molecule has 0 aliphatic carbocycles. The minimum absolute atomic E-state index is 0.0321. The third kappa shape index (κ3) is 7.28. The molecule has 9 heteroatoms. The standard InChI is InChI=1S/C24H32FN3O4S/c1-6-13-26-24(30)19(4)27(15-20-8-10-21(25)11-9-20)23(29)16-28(33(5,31)32)22-12-7-17(2)14-18(22)3/h7-12,14,19H,6,13,15-16H2,1-5H3,(H,26,30). The molecule has 0 spiro atoms. The van der Waals surface area contributed by atoms with Gasteiger partial charge in [0.25, 0.3) is 0 Å². The summed E-state index contributed by atoms with van der Waals surface area (Å²) in [4.78, 5) is 27.4. The highest BCUT2D eigenvalue weighted by atomic mass is 32.2. The molecule has 1 atom stereocenters. The number of carbonyl (C=O) groups excluding carboxylic acids is 2. The van der Waals surface area contributed by atoms with Crippen LogP contribution in [0.4, 0.5) is 10.1 Å². The first kappa shape index (κ1) is 26.3. The first-order valence-electron chi connectivity index (χ1n) is 10.8. The summed E-state index contributed by atoms with van der Waals surface area (Å²) >= 11 is 0. The second kappa shape index (κ2) is 11.3. The van der Waals surface area contributed by atoms with Gasteiger partial charge in [0, 0.05) is 13.1 Å². The molecule has 0 bridgehead atoms. The quantitative estimate of drug-likeness (QED) is 0.570. The van der Waals surface area contributed by atoms with Gasteiger partial charge in [-0.15, -0.1) is 0 Å². The molecule has 1 unspecified atom stereocenters. The SMILES string of the molecule is CCCNC(=O)C(C)N(Cc1ccc(F)cc1)C(=O)CN(c1ccc(C)cc1C)S(C)(=O)=O. The van der Waals surface area contributed by atoms with Crippen LogP contribution in [0.25, 0.3) is 0 Å². The lowest BCUT2D eigenvalue weighted by molar-refractivity contribution is -0.139. The number of aryl methyl sites for hydroxylation is 2. The van der Waals surface area contributed by atoms with Crippen LogP contribution in [-0.4, -0.2) is 50.5 Å². The van der Waals surface area contributed by atoms with Crippen LogP contribution in [0.15, 0.2) is 42.5 Å². The second-order valence-corrected chi connectivity index (χ2v) is 10.1. The second-order valence-electron chi connectivity index (χ2n) is 8.17. The fourth-order valence-electron chi connectivity index (χ4n) is 3.45. The van der Waals surface area contributed by atoms with Crippen LogP contribution in [0.3, 0.4) is 0 Å². The Kier molecular flexibility index (Phi) is 8.99. The van der Waals surface area contributed by atoms with Gasteiger partial charge in [-0.25, -0.2) is 12.8 Å². The van der Waals surface area contributed by atoms with Crippen molar-refractivity contribution in [3.63, 3.8) is 0 Å². The van der Waals surface area contributed by atoms with Crippen molar-refractivity contribution in [2.75, 3.05) is 23.7 Å². The summed E-state index contributed by atoms with van der Waals surface area (Å²) in [7, 11) is -3.78. The van der Waals surface area contributed by atoms with E-state index in [-0.39, 0.29) is 12.5 Å². The van der Waals surface area contributed by atoms with E-state index in [0.29, 0.717) is 23.4 Å². The van der Waals surface area contributed by atoms with Crippen LogP contribution in [0, 0.1) is 19.7 Å². The van der Waals surface area contributed by atoms with Crippen molar-refractivity contribution in [2.45, 2.75) is 46.7 Å². The average molecular weight is 478 g/mol. The number of nitrogens with zero attached hydrogens (tertiary/aromatic N) is 2. The Bertz CT molecular complexity index is 1090. The van der Waals surface area contributed by atoms with Crippen LogP contribution in [-0.2, 0) is 26.2 Å². The maximum atomic E-state index is 13.4. The molecule has 0 heterocycles. The topological polar surface area (TPSA) is 86.8 Å². The molecule has 0 aliphatic rings. The van der Waals surface area contributed by atoms with Gasteiger partial charge in [-0.3, -0.25) is 13.9 Å². The summed E-state index contributed by atoms with van der Waals surface area (Å²) in [6, 6.07) is 10.1. The smallest absolute Gasteiger partial charge is 0.244 e. The summed E-state index contributed by atoms with van der Waals surface area (Å²) < 4.78 is 39.6. The van der Waals surface area contributed by atoms with Gasteiger partial charge in [-0.2, -0.15) is 0 Å². The van der Waals surface area contributed by atoms with Gasteiger partial charge in [-0.05, 0) is 56.5 Å². The fraction of sp³-hybridized carbons (Fsp3) is 0.417. The zero-order valence-corrected chi connectivity index (χ0v) is 20.6. The number of sulfonamides is 1. The highest BCUT2D eigenvalue weighted by molar-refractivity contribution is 7.92. The third-order valence-electron chi connectivity index (χ3n) is 5.28. The predicted octanol–water partition coefficient (Wildman–Crippen LogP) is 3.15. The molecular weight excluding hydrogens is 445 g/mol. The fourth-order valence-corrected chi connectivity index (χ4v) is 4.35. The van der Waals surface area contributed by atoms with Crippen molar-refractivity contribution in [3.05, 3.63) is 65.0 Å². The number of carbonyl (C=O) groups is 2. The number of benzene rings is 2. The minimum Gasteiger partial charge on any atom is -0.354 e. The molecule has 33 heavy (non-hydrogen) atoms.